The molecular weight excluding hydrogens is 530 g/mol. The van der Waals surface area contributed by atoms with Crippen LogP contribution in [0.1, 0.15) is 60.0 Å². The van der Waals surface area contributed by atoms with Crippen LogP contribution in [0.2, 0.25) is 0 Å². The normalized spacial score (nSPS) is 29.0. The van der Waals surface area contributed by atoms with E-state index in [2.05, 4.69) is 0 Å². The molecule has 11 heteroatoms. The molecule has 0 aromatic heterocycles. The monoisotopic (exact) mass is 569 g/mol. The summed E-state index contributed by atoms with van der Waals surface area (Å²) < 4.78 is 0. The molecule has 7 N–H and O–H groups in total. The lowest BCUT2D eigenvalue weighted by atomic mass is 9.58. The number of fused-ring (bicyclic) bond motifs is 3. The standard InChI is InChI=1S/C30H39N3O8/c1-32(2)18-13-14(7-10-29(40)8-5-6-9-29)23(34)20-16(18)11-15-12-17-22(33(3)4)25(36)21(28(31)39)27(38)30(17,41)26(37)19(15)24(20)35/h13,15,17,22,34,36-37,40-41H,5-12H2,1-4H3,(H2,31,39)/t15-,17-,22-,30-/m1/s1. The highest BCUT2D eigenvalue weighted by atomic mass is 16.3. The Morgan fingerprint density at radius 2 is 1.71 bits per heavy atom. The third-order valence-electron chi connectivity index (χ3n) is 9.65. The number of aryl methyl sites for hydroxylation is 1. The maximum atomic E-state index is 14.1. The summed E-state index contributed by atoms with van der Waals surface area (Å²) in [6.45, 7) is 0. The Hall–Kier alpha value is -3.41. The van der Waals surface area contributed by atoms with E-state index in [4.69, 9.17) is 5.73 Å². The number of aliphatic hydroxyl groups is 4. The average molecular weight is 570 g/mol. The molecule has 0 saturated heterocycles. The van der Waals surface area contributed by atoms with Crippen LogP contribution in [0.25, 0.3) is 0 Å². The number of hydrogen-bond acceptors (Lipinski definition) is 10. The van der Waals surface area contributed by atoms with Crippen LogP contribution in [0.15, 0.2) is 28.7 Å². The van der Waals surface area contributed by atoms with Gasteiger partial charge in [-0.3, -0.25) is 19.3 Å². The van der Waals surface area contributed by atoms with E-state index in [1.807, 2.05) is 25.1 Å². The van der Waals surface area contributed by atoms with Gasteiger partial charge in [-0.15, -0.1) is 0 Å². The van der Waals surface area contributed by atoms with Gasteiger partial charge in [0, 0.05) is 31.3 Å². The fraction of sp³-hybridized carbons (Fsp3) is 0.567. The first kappa shape index (κ1) is 29.1. The summed E-state index contributed by atoms with van der Waals surface area (Å²) in [6.07, 6.45) is 4.24. The first-order valence-electron chi connectivity index (χ1n) is 14.1. The van der Waals surface area contributed by atoms with Gasteiger partial charge in [0.05, 0.1) is 17.2 Å². The lowest BCUT2D eigenvalue weighted by Gasteiger charge is -2.50. The van der Waals surface area contributed by atoms with E-state index in [9.17, 15) is 39.9 Å². The fourth-order valence-corrected chi connectivity index (χ4v) is 7.59. The molecule has 0 radical (unpaired) electrons. The third-order valence-corrected chi connectivity index (χ3v) is 9.65. The Bertz CT molecular complexity index is 1400. The number of hydrogen-bond donors (Lipinski definition) is 6. The Morgan fingerprint density at radius 1 is 1.07 bits per heavy atom. The highest BCUT2D eigenvalue weighted by Gasteiger charge is 2.63. The van der Waals surface area contributed by atoms with Crippen molar-refractivity contribution in [1.29, 1.82) is 0 Å². The van der Waals surface area contributed by atoms with Crippen molar-refractivity contribution in [2.24, 2.45) is 17.6 Å². The Morgan fingerprint density at radius 3 is 2.27 bits per heavy atom. The smallest absolute Gasteiger partial charge is 0.255 e. The SMILES string of the molecule is CN(C)c1cc(CCC2(O)CCCC2)c(O)c2c1C[C@@H]1C[C@@H]3[C@@H](N(C)C)C(O)=C(C(N)=O)C(=O)[C@]3(O)C(O)=C1C2=O. The number of primary amides is 1. The zero-order chi connectivity index (χ0) is 30.2. The Kier molecular flexibility index (Phi) is 6.99. The number of carbonyl (C=O) groups is 3. The summed E-state index contributed by atoms with van der Waals surface area (Å²) in [4.78, 5) is 43.1. The molecule has 0 spiro atoms. The molecule has 0 bridgehead atoms. The predicted octanol–water partition coefficient (Wildman–Crippen LogP) is 1.42. The number of carbonyl (C=O) groups excluding carboxylic acids is 3. The van der Waals surface area contributed by atoms with Crippen LogP contribution in [-0.4, -0.2) is 93.3 Å². The van der Waals surface area contributed by atoms with Crippen LogP contribution in [0, 0.1) is 11.8 Å². The van der Waals surface area contributed by atoms with E-state index < -0.39 is 63.6 Å². The molecule has 41 heavy (non-hydrogen) atoms. The number of allylic oxidation sites excluding steroid dienone is 1. The van der Waals surface area contributed by atoms with Crippen molar-refractivity contribution in [1.82, 2.24) is 4.90 Å². The van der Waals surface area contributed by atoms with Crippen molar-refractivity contribution in [2.45, 2.75) is 68.6 Å². The van der Waals surface area contributed by atoms with Gasteiger partial charge in [0.15, 0.2) is 11.4 Å². The summed E-state index contributed by atoms with van der Waals surface area (Å²) >= 11 is 0. The van der Waals surface area contributed by atoms with Crippen LogP contribution in [0.3, 0.4) is 0 Å². The van der Waals surface area contributed by atoms with E-state index in [0.717, 1.165) is 12.8 Å². The van der Waals surface area contributed by atoms with Gasteiger partial charge < -0.3 is 36.2 Å². The maximum Gasteiger partial charge on any atom is 0.255 e. The number of phenols is 1. The van der Waals surface area contributed by atoms with Gasteiger partial charge in [-0.25, -0.2) is 0 Å². The minimum absolute atomic E-state index is 0.00889. The highest BCUT2D eigenvalue weighted by Crippen LogP contribution is 2.53. The first-order chi connectivity index (χ1) is 19.1. The van der Waals surface area contributed by atoms with Crippen molar-refractivity contribution in [2.75, 3.05) is 33.1 Å². The Balaban J connectivity index is 1.65. The topological polar surface area (TPSA) is 185 Å². The molecule has 1 aromatic carbocycles. The van der Waals surface area contributed by atoms with Gasteiger partial charge in [0.1, 0.15) is 22.8 Å². The van der Waals surface area contributed by atoms with Crippen molar-refractivity contribution < 1.29 is 39.9 Å². The number of Topliss-reactive ketones (excluding diaryl/α,β-unsaturated/α-hetero) is 2. The molecule has 1 aromatic rings. The minimum atomic E-state index is -2.67. The molecule has 0 unspecified atom stereocenters. The lowest BCUT2D eigenvalue weighted by Crippen LogP contribution is -2.63. The van der Waals surface area contributed by atoms with Crippen LogP contribution in [-0.2, 0) is 22.4 Å². The molecule has 222 valence electrons. The van der Waals surface area contributed by atoms with Gasteiger partial charge in [-0.1, -0.05) is 12.8 Å². The molecule has 4 aliphatic carbocycles. The average Bonchev–Trinajstić information content (AvgIpc) is 3.31. The fourth-order valence-electron chi connectivity index (χ4n) is 7.59. The third kappa shape index (κ3) is 4.24. The van der Waals surface area contributed by atoms with Crippen molar-refractivity contribution in [3.8, 4) is 5.75 Å². The molecule has 0 heterocycles. The second kappa shape index (κ2) is 9.85. The van der Waals surface area contributed by atoms with Gasteiger partial charge in [-0.2, -0.15) is 0 Å². The van der Waals surface area contributed by atoms with Gasteiger partial charge >= 0.3 is 0 Å². The summed E-state index contributed by atoms with van der Waals surface area (Å²) in [6, 6.07) is 0.791. The van der Waals surface area contributed by atoms with Crippen LogP contribution < -0.4 is 10.6 Å². The van der Waals surface area contributed by atoms with E-state index in [-0.39, 0.29) is 29.7 Å². The number of aromatic hydroxyl groups is 1. The minimum Gasteiger partial charge on any atom is -0.510 e. The number of amides is 1. The number of ketones is 2. The number of nitrogens with two attached hydrogens (primary N) is 1. The van der Waals surface area contributed by atoms with Gasteiger partial charge in [0.25, 0.3) is 5.91 Å². The van der Waals surface area contributed by atoms with Crippen LogP contribution in [0.4, 0.5) is 5.69 Å². The Labute approximate surface area is 238 Å². The quantitative estimate of drug-likeness (QED) is 0.274. The second-order valence-corrected chi connectivity index (χ2v) is 12.5. The number of rotatable bonds is 6. The zero-order valence-electron chi connectivity index (χ0n) is 23.9. The maximum absolute atomic E-state index is 14.1. The second-order valence-electron chi connectivity index (χ2n) is 12.5. The van der Waals surface area contributed by atoms with Crippen LogP contribution >= 0.6 is 0 Å². The summed E-state index contributed by atoms with van der Waals surface area (Å²) in [5, 5.41) is 56.5. The zero-order valence-corrected chi connectivity index (χ0v) is 23.9. The molecule has 11 nitrogen and oxygen atoms in total. The number of nitrogens with zero attached hydrogens (tertiary/aromatic N) is 2. The molecule has 4 atom stereocenters. The summed E-state index contributed by atoms with van der Waals surface area (Å²) in [5.41, 5.74) is 2.65. The van der Waals surface area contributed by atoms with Crippen molar-refractivity contribution in [3.63, 3.8) is 0 Å². The molecule has 1 saturated carbocycles. The van der Waals surface area contributed by atoms with E-state index in [1.165, 1.54) is 4.90 Å². The lowest BCUT2D eigenvalue weighted by molar-refractivity contribution is -0.148. The first-order valence-corrected chi connectivity index (χ1v) is 14.1. The van der Waals surface area contributed by atoms with Gasteiger partial charge in [0.2, 0.25) is 5.78 Å². The molecule has 1 amide bonds. The number of benzene rings is 1. The molecule has 4 aliphatic rings. The molecular formula is C30H39N3O8. The number of aliphatic hydroxyl groups excluding tert-OH is 2. The van der Waals surface area contributed by atoms with E-state index >= 15 is 0 Å². The molecule has 0 aliphatic heterocycles. The summed E-state index contributed by atoms with van der Waals surface area (Å²) in [7, 11) is 6.84. The molecule has 5 rings (SSSR count). The number of anilines is 1. The largest absolute Gasteiger partial charge is 0.510 e. The predicted molar refractivity (Wildman–Crippen MR) is 150 cm³/mol. The van der Waals surface area contributed by atoms with Crippen molar-refractivity contribution in [3.05, 3.63) is 45.4 Å². The van der Waals surface area contributed by atoms with Gasteiger partial charge in [-0.05, 0) is 75.7 Å². The number of likely N-dealkylation sites (N-methyl/N-ethyl adjacent to an activating group) is 1. The van der Waals surface area contributed by atoms with E-state index in [1.54, 1.807) is 14.1 Å². The van der Waals surface area contributed by atoms with Crippen LogP contribution in [0.5, 0.6) is 5.75 Å². The molecule has 1 fully saturated rings. The number of phenolic OH excluding ortho intramolecular Hbond substituents is 1. The van der Waals surface area contributed by atoms with E-state index in [0.29, 0.717) is 42.5 Å². The summed E-state index contributed by atoms with van der Waals surface area (Å²) in [5.74, 6) is -6.66. The highest BCUT2D eigenvalue weighted by molar-refractivity contribution is 6.24. The van der Waals surface area contributed by atoms with Crippen molar-refractivity contribution >= 4 is 23.2 Å².